The Labute approximate surface area is 802 Å². The van der Waals surface area contributed by atoms with Crippen molar-refractivity contribution >= 4 is 90.3 Å². The molecule has 0 spiro atoms. The van der Waals surface area contributed by atoms with Crippen LogP contribution < -0.4 is 61.7 Å². The van der Waals surface area contributed by atoms with Gasteiger partial charge in [-0.2, -0.15) is 0 Å². The molecule has 0 bridgehead atoms. The third-order valence-electron chi connectivity index (χ3n) is 22.8. The molecule has 5 aromatic heterocycles. The minimum absolute atomic E-state index is 0. The molecule has 11 heterocycles. The monoisotopic (exact) mass is 2090 g/mol. The second-order valence-corrected chi connectivity index (χ2v) is 37.6. The smallest absolute Gasteiger partial charge is 0.405 e. The molecule has 3 fully saturated rings. The lowest BCUT2D eigenvalue weighted by Gasteiger charge is -2.32. The van der Waals surface area contributed by atoms with Crippen LogP contribution in [0.25, 0.3) is 22.3 Å². The van der Waals surface area contributed by atoms with Crippen LogP contribution in [-0.2, 0) is 52.9 Å². The SMILES string of the molecule is BrCc1ccccc1.C.CC1(C)OB(B2OC(C)(C)C(C)(C)O2)OC1(C)C.Cc1cc(=O)[nH]cc1-c1cccc2c1OC(F)(F)O2.Cc1cc(=O)[nH]cc1Br.Cc1cc(=O)n(Cc2ccccc2)cc1-c1cccc2c1OC(F)(F)O2.Cc1cc(=O)n(Cc2ccccc2)cc1B1OC(C)(C)C(C)(C)O1.Cc1cc(=O)n(Cc2ccccc2)cc1Br.FC1(F)Oc2cccc(Br)c2O1. The number of para-hydroxylation sites is 3. The van der Waals surface area contributed by atoms with E-state index in [4.69, 9.17) is 27.9 Å². The lowest BCUT2D eigenvalue weighted by molar-refractivity contribution is -0.287. The van der Waals surface area contributed by atoms with E-state index in [-0.39, 0.29) is 92.1 Å². The van der Waals surface area contributed by atoms with E-state index in [1.165, 1.54) is 42.1 Å². The largest absolute Gasteiger partial charge is 0.586 e. The summed E-state index contributed by atoms with van der Waals surface area (Å²) in [6, 6.07) is 61.4. The summed E-state index contributed by atoms with van der Waals surface area (Å²) in [5.41, 5.74) is 9.02. The normalized spacial score (nSPS) is 16.8. The van der Waals surface area contributed by atoms with E-state index in [2.05, 4.69) is 114 Å². The fourth-order valence-corrected chi connectivity index (χ4v) is 14.9. The Kier molecular flexibility index (Phi) is 33.9. The van der Waals surface area contributed by atoms with E-state index in [0.717, 1.165) is 53.1 Å². The number of fused-ring (bicyclic) bond motifs is 3. The number of nitrogens with one attached hydrogen (secondary N) is 2. The van der Waals surface area contributed by atoms with Gasteiger partial charge in [-0.05, 0) is 240 Å². The number of nitrogens with zero attached hydrogens (tertiary/aromatic N) is 3. The molecule has 702 valence electrons. The molecule has 6 aliphatic rings. The highest BCUT2D eigenvalue weighted by molar-refractivity contribution is 9.11. The lowest BCUT2D eigenvalue weighted by Crippen LogP contribution is -2.41. The molecule has 0 unspecified atom stereocenters. The first-order chi connectivity index (χ1) is 61.8. The van der Waals surface area contributed by atoms with Gasteiger partial charge in [-0.3, -0.25) is 24.0 Å². The summed E-state index contributed by atoms with van der Waals surface area (Å²) in [4.78, 5) is 63.2. The van der Waals surface area contributed by atoms with Crippen molar-refractivity contribution in [3.05, 3.63) is 352 Å². The van der Waals surface area contributed by atoms with Gasteiger partial charge in [0.25, 0.3) is 16.7 Å². The number of hydrogen-bond donors (Lipinski definition) is 2. The van der Waals surface area contributed by atoms with Crippen molar-refractivity contribution in [3.8, 4) is 56.8 Å². The number of H-pyrrole nitrogens is 2. The first-order valence-electron chi connectivity index (χ1n) is 41.8. The summed E-state index contributed by atoms with van der Waals surface area (Å²) in [5, 5.41) is 0.952. The van der Waals surface area contributed by atoms with Gasteiger partial charge in [-0.15, -0.1) is 26.3 Å². The maximum absolute atomic E-state index is 13.5. The van der Waals surface area contributed by atoms with Crippen LogP contribution in [0.5, 0.6) is 34.5 Å². The number of rotatable bonds is 11. The molecule has 18 rings (SSSR count). The second-order valence-electron chi connectivity index (χ2n) is 34.5. The van der Waals surface area contributed by atoms with E-state index in [1.807, 2.05) is 225 Å². The molecular weight excluding hydrogens is 1990 g/mol. The zero-order valence-electron chi connectivity index (χ0n) is 75.6. The van der Waals surface area contributed by atoms with Gasteiger partial charge in [-0.1, -0.05) is 175 Å². The summed E-state index contributed by atoms with van der Waals surface area (Å²) in [6.07, 6.45) is -2.41. The maximum Gasteiger partial charge on any atom is 0.586 e. The molecule has 6 aliphatic heterocycles. The van der Waals surface area contributed by atoms with Crippen LogP contribution in [0.4, 0.5) is 26.3 Å². The van der Waals surface area contributed by atoms with Gasteiger partial charge in [0.15, 0.2) is 34.5 Å². The molecule has 2 N–H and O–H groups in total. The van der Waals surface area contributed by atoms with Crippen LogP contribution >= 0.6 is 63.7 Å². The molecule has 0 atom stereocenters. The first-order valence-corrected chi connectivity index (χ1v) is 45.3. The lowest BCUT2D eigenvalue weighted by atomic mass is 9.49. The van der Waals surface area contributed by atoms with E-state index < -0.39 is 51.2 Å². The van der Waals surface area contributed by atoms with Crippen LogP contribution in [-0.4, -0.2) is 97.3 Å². The summed E-state index contributed by atoms with van der Waals surface area (Å²) < 4.78 is 148. The van der Waals surface area contributed by atoms with Gasteiger partial charge in [0.05, 0.1) is 57.7 Å². The van der Waals surface area contributed by atoms with Gasteiger partial charge in [0.2, 0.25) is 11.1 Å². The van der Waals surface area contributed by atoms with E-state index in [1.54, 1.807) is 94.5 Å². The predicted molar refractivity (Wildman–Crippen MR) is 519 cm³/mol. The fraction of sp³-hybridized carbons (Fsp3) is 0.316. The van der Waals surface area contributed by atoms with Crippen molar-refractivity contribution in [1.29, 1.82) is 0 Å². The molecule has 133 heavy (non-hydrogen) atoms. The number of aromatic nitrogens is 5. The van der Waals surface area contributed by atoms with Gasteiger partial charge in [0.1, 0.15) is 0 Å². The van der Waals surface area contributed by atoms with E-state index in [9.17, 15) is 50.3 Å². The Morgan fingerprint density at radius 1 is 0.323 bits per heavy atom. The minimum Gasteiger partial charge on any atom is -0.405 e. The number of ether oxygens (including phenoxy) is 6. The topological polar surface area (TPSA) is 242 Å². The van der Waals surface area contributed by atoms with Crippen molar-refractivity contribution in [2.24, 2.45) is 0 Å². The molecule has 0 saturated carbocycles. The fourth-order valence-electron chi connectivity index (χ4n) is 13.5. The average molecular weight is 2090 g/mol. The van der Waals surface area contributed by atoms with E-state index >= 15 is 0 Å². The van der Waals surface area contributed by atoms with Crippen LogP contribution in [0.1, 0.15) is 141 Å². The standard InChI is InChI=1S/C20H15F2NO3.C19H24BNO3.C13H12BrNO.C13H9F2NO3.C12H24B2O4.C7H3BrF2O2.C7H7Br.C6H6BrNO.CH4/c1-13-10-18(24)23(11-14-6-3-2-4-7-14)12-16(13)15-8-5-9-17-19(15)26-20(21,22)25-17;1-14-11-17(22)21(12-15-9-7-6-8-10-15)13-16(14)20-23-18(2,3)19(4,5)24-20;1-10-7-13(16)15(9-12(10)14)8-11-5-3-2-4-6-11;1-7-5-11(17)16-6-9(7)8-3-2-4-10-12(8)19-13(14,15)18-10;1-9(2)10(3,4)16-13(15-9)14-17-11(5,6)12(7,8)18-14;8-4-2-1-3-5-6(4)12-7(9,10)11-5;8-6-7-4-2-1-3-5-7;1-4-2-6(9)8-3-5(4)7;/h2-10,12H,11H2,1H3;6-11,13H,12H2,1-5H3;2-7,9H,8H2,1H3;2-6H,1H3,(H,16,17);1-8H3;1-3H;1-5H,6H2;2-3H,1H3,(H,8,9);1H4. The zero-order chi connectivity index (χ0) is 96.4. The summed E-state index contributed by atoms with van der Waals surface area (Å²) in [5.74, 6) is 0.00541. The summed E-state index contributed by atoms with van der Waals surface area (Å²) in [7, 11) is -1.41. The highest BCUT2D eigenvalue weighted by atomic mass is 79.9. The Morgan fingerprint density at radius 3 is 1.03 bits per heavy atom. The average Bonchev–Trinajstić information content (AvgIpc) is 1.59. The quantitative estimate of drug-likeness (QED) is 0.0694. The third kappa shape index (κ3) is 26.8. The third-order valence-corrected chi connectivity index (χ3v) is 25.8. The second kappa shape index (κ2) is 43.1. The maximum atomic E-state index is 13.5. The molecule has 0 amide bonds. The molecule has 35 heteroatoms. The van der Waals surface area contributed by atoms with Crippen LogP contribution in [0, 0.1) is 34.6 Å². The molecule has 12 aromatic rings. The zero-order valence-corrected chi connectivity index (χ0v) is 82.0. The molecule has 0 aliphatic carbocycles. The summed E-state index contributed by atoms with van der Waals surface area (Å²) >= 11 is 13.1. The minimum atomic E-state index is -3.69. The molecular formula is C98H104B3Br4F6N5O17. The Hall–Kier alpha value is -10.5. The Morgan fingerprint density at radius 2 is 0.647 bits per heavy atom. The van der Waals surface area contributed by atoms with Crippen molar-refractivity contribution < 1.29 is 82.7 Å². The number of aryl methyl sites for hydroxylation is 5. The van der Waals surface area contributed by atoms with Gasteiger partial charge < -0.3 is 80.0 Å². The van der Waals surface area contributed by atoms with Crippen molar-refractivity contribution in [1.82, 2.24) is 23.7 Å². The predicted octanol–water partition coefficient (Wildman–Crippen LogP) is 22.0. The number of alkyl halides is 7. The van der Waals surface area contributed by atoms with Crippen LogP contribution in [0.15, 0.2) is 275 Å². The van der Waals surface area contributed by atoms with Crippen molar-refractivity contribution in [2.45, 2.75) is 203 Å². The number of aromatic amines is 2. The van der Waals surface area contributed by atoms with Crippen LogP contribution in [0.3, 0.4) is 0 Å². The number of halogens is 10. The van der Waals surface area contributed by atoms with Gasteiger partial charge in [-0.25, -0.2) is 0 Å². The molecule has 0 radical (unpaired) electrons. The molecule has 3 saturated heterocycles. The molecule has 22 nitrogen and oxygen atoms in total. The Bertz CT molecular complexity index is 6290. The number of pyridine rings is 5. The van der Waals surface area contributed by atoms with Gasteiger partial charge in [0, 0.05) is 103 Å². The number of benzene rings is 7. The summed E-state index contributed by atoms with van der Waals surface area (Å²) in [6.45, 7) is 35.1. The van der Waals surface area contributed by atoms with Gasteiger partial charge >= 0.3 is 40.0 Å². The van der Waals surface area contributed by atoms with Crippen LogP contribution in [0.2, 0.25) is 0 Å². The van der Waals surface area contributed by atoms with Crippen molar-refractivity contribution in [2.75, 3.05) is 0 Å². The first kappa shape index (κ1) is 105. The number of hydrogen-bond acceptors (Lipinski definition) is 17. The molecule has 7 aromatic carbocycles. The highest BCUT2D eigenvalue weighted by Gasteiger charge is 2.64. The van der Waals surface area contributed by atoms with Crippen molar-refractivity contribution in [3.63, 3.8) is 0 Å². The highest BCUT2D eigenvalue weighted by Crippen LogP contribution is 2.51. The Balaban J connectivity index is 0.000000161. The van der Waals surface area contributed by atoms with E-state index in [0.29, 0.717) is 57.5 Å².